The Bertz CT molecular complexity index is 391. The minimum Gasteiger partial charge on any atom is -0.477 e. The first-order valence-electron chi connectivity index (χ1n) is 7.11. The number of carboxylic acid groups (broad SMARTS) is 1. The summed E-state index contributed by atoms with van der Waals surface area (Å²) < 4.78 is 0. The van der Waals surface area contributed by atoms with Gasteiger partial charge in [0.05, 0.1) is 0 Å². The first-order valence-corrected chi connectivity index (χ1v) is 8.51. The summed E-state index contributed by atoms with van der Waals surface area (Å²) in [6.07, 6.45) is 8.45. The van der Waals surface area contributed by atoms with Crippen molar-refractivity contribution in [2.24, 2.45) is 11.3 Å². The minimum atomic E-state index is -1.05. The number of unbranched alkanes of at least 4 members (excludes halogenated alkanes) is 3. The molecular weight excluding hydrogens is 274 g/mol. The van der Waals surface area contributed by atoms with E-state index >= 15 is 0 Å². The molecule has 2 N–H and O–H groups in total. The van der Waals surface area contributed by atoms with Gasteiger partial charge < -0.3 is 10.4 Å². The number of amides is 1. The zero-order valence-corrected chi connectivity index (χ0v) is 13.4. The van der Waals surface area contributed by atoms with Crippen LogP contribution in [-0.4, -0.2) is 29.0 Å². The number of carbonyl (C=O) groups is 2. The smallest absolute Gasteiger partial charge is 0.352 e. The van der Waals surface area contributed by atoms with Crippen LogP contribution in [0.3, 0.4) is 0 Å². The van der Waals surface area contributed by atoms with Crippen LogP contribution < -0.4 is 5.32 Å². The van der Waals surface area contributed by atoms with Gasteiger partial charge in [0, 0.05) is 5.92 Å². The number of hydrogen-bond acceptors (Lipinski definition) is 3. The lowest BCUT2D eigenvalue weighted by atomic mass is 10.1. The fourth-order valence-electron chi connectivity index (χ4n) is 2.14. The number of thioether (sulfide) groups is 1. The molecule has 0 spiro atoms. The van der Waals surface area contributed by atoms with Crippen molar-refractivity contribution < 1.29 is 14.7 Å². The summed E-state index contributed by atoms with van der Waals surface area (Å²) in [5.41, 5.74) is 0.0495. The zero-order chi connectivity index (χ0) is 15.2. The van der Waals surface area contributed by atoms with Gasteiger partial charge in [-0.2, -0.15) is 11.8 Å². The van der Waals surface area contributed by atoms with Gasteiger partial charge in [-0.15, -0.1) is 0 Å². The second-order valence-corrected chi connectivity index (χ2v) is 6.99. The Morgan fingerprint density at radius 2 is 2.00 bits per heavy atom. The van der Waals surface area contributed by atoms with Gasteiger partial charge in [-0.05, 0) is 43.1 Å². The molecule has 1 rings (SSSR count). The van der Waals surface area contributed by atoms with E-state index in [1.165, 1.54) is 0 Å². The van der Waals surface area contributed by atoms with Crippen LogP contribution in [0.4, 0.5) is 0 Å². The highest BCUT2D eigenvalue weighted by molar-refractivity contribution is 7.98. The van der Waals surface area contributed by atoms with Crippen molar-refractivity contribution in [2.45, 2.75) is 46.0 Å². The SMILES string of the molecule is CSCCCCC/C=C(/NC(=O)C1CC1(C)C)C(=O)O. The van der Waals surface area contributed by atoms with Crippen LogP contribution in [-0.2, 0) is 9.59 Å². The normalized spacial score (nSPS) is 20.6. The molecule has 0 aromatic rings. The molecule has 20 heavy (non-hydrogen) atoms. The van der Waals surface area contributed by atoms with E-state index in [2.05, 4.69) is 11.6 Å². The topological polar surface area (TPSA) is 66.4 Å². The highest BCUT2D eigenvalue weighted by Gasteiger charge is 2.50. The van der Waals surface area contributed by atoms with Crippen LogP contribution in [0.25, 0.3) is 0 Å². The highest BCUT2D eigenvalue weighted by atomic mass is 32.2. The van der Waals surface area contributed by atoms with Gasteiger partial charge in [0.1, 0.15) is 5.70 Å². The third-order valence-electron chi connectivity index (χ3n) is 3.72. The molecule has 1 saturated carbocycles. The molecule has 0 aliphatic heterocycles. The molecule has 1 aliphatic rings. The average Bonchev–Trinajstić information content (AvgIpc) is 3.01. The standard InChI is InChI=1S/C15H25NO3S/c1-15(2)10-11(15)13(17)16-12(14(18)19)8-6-4-5-7-9-20-3/h8,11H,4-7,9-10H2,1-3H3,(H,16,17)(H,18,19)/b12-8+. The summed E-state index contributed by atoms with van der Waals surface area (Å²) in [7, 11) is 0. The van der Waals surface area contributed by atoms with E-state index in [-0.39, 0.29) is 22.9 Å². The number of carbonyl (C=O) groups excluding carboxylic acids is 1. The minimum absolute atomic E-state index is 0.0194. The molecule has 0 aromatic carbocycles. The van der Waals surface area contributed by atoms with Crippen LogP contribution in [0.5, 0.6) is 0 Å². The van der Waals surface area contributed by atoms with E-state index in [0.29, 0.717) is 6.42 Å². The summed E-state index contributed by atoms with van der Waals surface area (Å²) in [4.78, 5) is 23.0. The van der Waals surface area contributed by atoms with Gasteiger partial charge in [-0.25, -0.2) is 4.79 Å². The summed E-state index contributed by atoms with van der Waals surface area (Å²) in [6.45, 7) is 4.04. The predicted octanol–water partition coefficient (Wildman–Crippen LogP) is 3.04. The van der Waals surface area contributed by atoms with Crippen molar-refractivity contribution in [2.75, 3.05) is 12.0 Å². The lowest BCUT2D eigenvalue weighted by molar-refractivity contribution is -0.135. The Kier molecular flexibility index (Phi) is 6.59. The molecule has 1 aliphatic carbocycles. The van der Waals surface area contributed by atoms with Crippen molar-refractivity contribution in [3.05, 3.63) is 11.8 Å². The van der Waals surface area contributed by atoms with E-state index in [0.717, 1.165) is 31.4 Å². The highest BCUT2D eigenvalue weighted by Crippen LogP contribution is 2.51. The van der Waals surface area contributed by atoms with Gasteiger partial charge >= 0.3 is 5.97 Å². The predicted molar refractivity (Wildman–Crippen MR) is 82.6 cm³/mol. The molecule has 1 fully saturated rings. The Labute approximate surface area is 125 Å². The number of aliphatic carboxylic acids is 1. The molecule has 0 saturated heterocycles. The zero-order valence-electron chi connectivity index (χ0n) is 12.6. The van der Waals surface area contributed by atoms with Gasteiger partial charge in [0.2, 0.25) is 5.91 Å². The average molecular weight is 299 g/mol. The number of carboxylic acids is 1. The maximum absolute atomic E-state index is 11.9. The van der Waals surface area contributed by atoms with Crippen LogP contribution in [0.2, 0.25) is 0 Å². The fourth-order valence-corrected chi connectivity index (χ4v) is 2.63. The lowest BCUT2D eigenvalue weighted by Crippen LogP contribution is -2.29. The molecule has 5 heteroatoms. The van der Waals surface area contributed by atoms with Crippen molar-refractivity contribution in [3.63, 3.8) is 0 Å². The fraction of sp³-hybridized carbons (Fsp3) is 0.733. The van der Waals surface area contributed by atoms with Crippen LogP contribution >= 0.6 is 11.8 Å². The Balaban J connectivity index is 2.36. The molecule has 0 bridgehead atoms. The number of nitrogens with one attached hydrogen (secondary N) is 1. The van der Waals surface area contributed by atoms with E-state index < -0.39 is 5.97 Å². The molecule has 0 aromatic heterocycles. The maximum atomic E-state index is 11.9. The lowest BCUT2D eigenvalue weighted by Gasteiger charge is -2.07. The van der Waals surface area contributed by atoms with E-state index in [9.17, 15) is 9.59 Å². The monoisotopic (exact) mass is 299 g/mol. The number of hydrogen-bond donors (Lipinski definition) is 2. The molecule has 4 nitrogen and oxygen atoms in total. The third kappa shape index (κ3) is 5.57. The number of allylic oxidation sites excluding steroid dienone is 1. The van der Waals surface area contributed by atoms with Crippen LogP contribution in [0.1, 0.15) is 46.0 Å². The Morgan fingerprint density at radius 1 is 1.35 bits per heavy atom. The van der Waals surface area contributed by atoms with Gasteiger partial charge in [0.15, 0.2) is 0 Å². The van der Waals surface area contributed by atoms with E-state index in [1.54, 1.807) is 6.08 Å². The second kappa shape index (κ2) is 7.72. The van der Waals surface area contributed by atoms with Gasteiger partial charge in [0.25, 0.3) is 0 Å². The first-order chi connectivity index (χ1) is 9.38. The second-order valence-electron chi connectivity index (χ2n) is 6.00. The van der Waals surface area contributed by atoms with Crippen LogP contribution in [0.15, 0.2) is 11.8 Å². The summed E-state index contributed by atoms with van der Waals surface area (Å²) in [5.74, 6) is -0.123. The van der Waals surface area contributed by atoms with Gasteiger partial charge in [-0.1, -0.05) is 26.3 Å². The first kappa shape index (κ1) is 17.1. The van der Waals surface area contributed by atoms with Crippen molar-refractivity contribution in [3.8, 4) is 0 Å². The molecular formula is C15H25NO3S. The Morgan fingerprint density at radius 3 is 2.50 bits per heavy atom. The van der Waals surface area contributed by atoms with Crippen molar-refractivity contribution in [1.29, 1.82) is 0 Å². The van der Waals surface area contributed by atoms with E-state index in [4.69, 9.17) is 5.11 Å². The summed E-state index contributed by atoms with van der Waals surface area (Å²) in [6, 6.07) is 0. The third-order valence-corrected chi connectivity index (χ3v) is 4.42. The maximum Gasteiger partial charge on any atom is 0.352 e. The molecule has 0 heterocycles. The van der Waals surface area contributed by atoms with Crippen molar-refractivity contribution in [1.82, 2.24) is 5.32 Å². The molecule has 1 unspecified atom stereocenters. The molecule has 114 valence electrons. The molecule has 1 atom stereocenters. The Hall–Kier alpha value is -0.970. The molecule has 0 radical (unpaired) electrons. The largest absolute Gasteiger partial charge is 0.477 e. The van der Waals surface area contributed by atoms with Crippen LogP contribution in [0, 0.1) is 11.3 Å². The molecule has 1 amide bonds. The van der Waals surface area contributed by atoms with Gasteiger partial charge in [-0.3, -0.25) is 4.79 Å². The summed E-state index contributed by atoms with van der Waals surface area (Å²) in [5, 5.41) is 11.7. The van der Waals surface area contributed by atoms with E-state index in [1.807, 2.05) is 25.6 Å². The number of rotatable bonds is 9. The van der Waals surface area contributed by atoms with Crippen molar-refractivity contribution >= 4 is 23.6 Å². The quantitative estimate of drug-likeness (QED) is 0.507. The summed E-state index contributed by atoms with van der Waals surface area (Å²) >= 11 is 1.82.